The van der Waals surface area contributed by atoms with Crippen molar-refractivity contribution < 1.29 is 43.2 Å². The van der Waals surface area contributed by atoms with Crippen LogP contribution < -0.4 is 15.2 Å². The molecule has 10 heteroatoms. The third kappa shape index (κ3) is 13.5. The number of hydrogen-bond donors (Lipinski definition) is 2. The van der Waals surface area contributed by atoms with Gasteiger partial charge in [-0.2, -0.15) is 0 Å². The highest BCUT2D eigenvalue weighted by Crippen LogP contribution is 2.35. The van der Waals surface area contributed by atoms with Gasteiger partial charge in [0.15, 0.2) is 11.5 Å². The van der Waals surface area contributed by atoms with Crippen LogP contribution in [0.2, 0.25) is 0 Å². The second kappa shape index (κ2) is 19.0. The topological polar surface area (TPSA) is 151 Å². The number of esters is 2. The number of unbranched alkanes of at least 4 members (excludes halogenated alkanes) is 5. The second-order valence-corrected chi connectivity index (χ2v) is 9.66. The van der Waals surface area contributed by atoms with Crippen LogP contribution in [-0.4, -0.2) is 47.9 Å². The van der Waals surface area contributed by atoms with Gasteiger partial charge in [-0.3, -0.25) is 14.4 Å². The van der Waals surface area contributed by atoms with Gasteiger partial charge >= 0.3 is 24.1 Å². The van der Waals surface area contributed by atoms with Crippen molar-refractivity contribution in [2.75, 3.05) is 6.61 Å². The molecule has 0 aliphatic carbocycles. The molecular weight excluding hydrogens is 506 g/mol. The Balaban J connectivity index is 3.20. The first-order chi connectivity index (χ1) is 18.6. The van der Waals surface area contributed by atoms with Gasteiger partial charge in [-0.05, 0) is 50.3 Å². The number of nitrogens with two attached hydrogens (primary N) is 1. The minimum absolute atomic E-state index is 0.00738. The number of carboxylic acid groups (broad SMARTS) is 1. The molecular formula is C29H45NO9. The van der Waals surface area contributed by atoms with Gasteiger partial charge in [-0.1, -0.05) is 58.9 Å². The van der Waals surface area contributed by atoms with E-state index < -0.39 is 42.1 Å². The van der Waals surface area contributed by atoms with Gasteiger partial charge < -0.3 is 29.8 Å². The lowest BCUT2D eigenvalue weighted by Gasteiger charge is -2.25. The number of benzene rings is 1. The van der Waals surface area contributed by atoms with Gasteiger partial charge in [0.05, 0.1) is 6.61 Å². The van der Waals surface area contributed by atoms with E-state index in [0.29, 0.717) is 24.8 Å². The van der Waals surface area contributed by atoms with Crippen LogP contribution in [0.3, 0.4) is 0 Å². The SMILES string of the molecule is CCCCCC(=O)Oc1ccc(C(CC(C)OC(=O)OCCCC)[C@H](N)C(=O)O)cc1OC(=O)CCCCC. The fourth-order valence-corrected chi connectivity index (χ4v) is 3.87. The maximum absolute atomic E-state index is 12.5. The van der Waals surface area contributed by atoms with E-state index in [1.807, 2.05) is 20.8 Å². The summed E-state index contributed by atoms with van der Waals surface area (Å²) in [6.45, 7) is 7.85. The van der Waals surface area contributed by atoms with E-state index in [4.69, 9.17) is 24.7 Å². The van der Waals surface area contributed by atoms with E-state index in [2.05, 4.69) is 0 Å². The molecule has 3 N–H and O–H groups in total. The Morgan fingerprint density at radius 2 is 1.41 bits per heavy atom. The third-order valence-electron chi connectivity index (χ3n) is 6.13. The van der Waals surface area contributed by atoms with Crippen molar-refractivity contribution in [3.63, 3.8) is 0 Å². The van der Waals surface area contributed by atoms with Crippen LogP contribution in [0.4, 0.5) is 4.79 Å². The van der Waals surface area contributed by atoms with E-state index in [1.54, 1.807) is 13.0 Å². The number of carbonyl (C=O) groups excluding carboxylic acids is 3. The molecule has 0 aromatic heterocycles. The zero-order valence-corrected chi connectivity index (χ0v) is 23.7. The summed E-state index contributed by atoms with van der Waals surface area (Å²) >= 11 is 0. The lowest BCUT2D eigenvalue weighted by molar-refractivity contribution is -0.139. The molecule has 39 heavy (non-hydrogen) atoms. The number of hydrogen-bond acceptors (Lipinski definition) is 9. The zero-order chi connectivity index (χ0) is 29.2. The van der Waals surface area contributed by atoms with Gasteiger partial charge in [-0.15, -0.1) is 0 Å². The summed E-state index contributed by atoms with van der Waals surface area (Å²) in [5.74, 6) is -2.94. The van der Waals surface area contributed by atoms with E-state index in [9.17, 15) is 24.3 Å². The molecule has 0 saturated heterocycles. The normalized spacial score (nSPS) is 13.2. The lowest BCUT2D eigenvalue weighted by Crippen LogP contribution is -2.38. The van der Waals surface area contributed by atoms with Crippen LogP contribution in [0.1, 0.15) is 110 Å². The first kappa shape index (κ1) is 33.9. The predicted molar refractivity (Wildman–Crippen MR) is 146 cm³/mol. The standard InChI is InChI=1S/C29H45NO9/c1-5-8-11-13-25(31)38-23-16-15-21(19-24(23)39-26(32)14-12-9-6-2)22(27(30)28(33)34)18-20(4)37-29(35)36-17-10-7-3/h15-16,19-20,22,27H,5-14,17-18,30H2,1-4H3,(H,33,34)/t20?,22?,27-/m0/s1. The molecule has 0 amide bonds. The Morgan fingerprint density at radius 3 is 1.95 bits per heavy atom. The van der Waals surface area contributed by atoms with Crippen LogP contribution in [0.25, 0.3) is 0 Å². The van der Waals surface area contributed by atoms with E-state index >= 15 is 0 Å². The number of rotatable bonds is 19. The molecule has 0 aliphatic heterocycles. The van der Waals surface area contributed by atoms with Crippen molar-refractivity contribution in [1.82, 2.24) is 0 Å². The van der Waals surface area contributed by atoms with Crippen molar-refractivity contribution in [1.29, 1.82) is 0 Å². The quantitative estimate of drug-likeness (QED) is 0.121. The van der Waals surface area contributed by atoms with E-state index in [0.717, 1.165) is 32.1 Å². The highest BCUT2D eigenvalue weighted by atomic mass is 16.7. The predicted octanol–water partition coefficient (Wildman–Crippen LogP) is 5.89. The minimum atomic E-state index is -1.34. The monoisotopic (exact) mass is 551 g/mol. The van der Waals surface area contributed by atoms with Crippen molar-refractivity contribution >= 4 is 24.1 Å². The van der Waals surface area contributed by atoms with Gasteiger partial charge in [0.1, 0.15) is 12.1 Å². The number of carbonyl (C=O) groups is 4. The van der Waals surface area contributed by atoms with Crippen LogP contribution in [0.5, 0.6) is 11.5 Å². The Labute approximate surface area is 231 Å². The Hall–Kier alpha value is -3.14. The molecule has 1 aromatic rings. The summed E-state index contributed by atoms with van der Waals surface area (Å²) in [7, 11) is 0. The lowest BCUT2D eigenvalue weighted by atomic mass is 9.87. The van der Waals surface area contributed by atoms with Gasteiger partial charge in [0, 0.05) is 18.8 Å². The highest BCUT2D eigenvalue weighted by Gasteiger charge is 2.30. The average molecular weight is 552 g/mol. The summed E-state index contributed by atoms with van der Waals surface area (Å²) in [6, 6.07) is 3.16. The summed E-state index contributed by atoms with van der Waals surface area (Å²) < 4.78 is 21.4. The summed E-state index contributed by atoms with van der Waals surface area (Å²) in [5.41, 5.74) is 6.46. The maximum atomic E-state index is 12.5. The Bertz CT molecular complexity index is 918. The molecule has 0 radical (unpaired) electrons. The zero-order valence-electron chi connectivity index (χ0n) is 23.7. The van der Waals surface area contributed by atoms with Gasteiger partial charge in [-0.25, -0.2) is 4.79 Å². The molecule has 0 aliphatic rings. The average Bonchev–Trinajstić information content (AvgIpc) is 2.88. The summed E-state index contributed by atoms with van der Waals surface area (Å²) in [6.07, 6.45) is 5.42. The number of ether oxygens (including phenoxy) is 4. The molecule has 1 rings (SSSR count). The molecule has 10 nitrogen and oxygen atoms in total. The Kier molecular flexibility index (Phi) is 16.5. The van der Waals surface area contributed by atoms with Gasteiger partial charge in [0.2, 0.25) is 0 Å². The highest BCUT2D eigenvalue weighted by molar-refractivity contribution is 5.77. The first-order valence-corrected chi connectivity index (χ1v) is 14.0. The molecule has 3 atom stereocenters. The van der Waals surface area contributed by atoms with E-state index in [1.165, 1.54) is 12.1 Å². The molecule has 1 aromatic carbocycles. The van der Waals surface area contributed by atoms with Crippen LogP contribution >= 0.6 is 0 Å². The van der Waals surface area contributed by atoms with Crippen LogP contribution in [0.15, 0.2) is 18.2 Å². The molecule has 0 bridgehead atoms. The second-order valence-electron chi connectivity index (χ2n) is 9.66. The van der Waals surface area contributed by atoms with Crippen molar-refractivity contribution in [2.45, 2.75) is 116 Å². The minimum Gasteiger partial charge on any atom is -0.480 e. The fraction of sp³-hybridized carbons (Fsp3) is 0.655. The van der Waals surface area contributed by atoms with Crippen molar-refractivity contribution in [3.05, 3.63) is 23.8 Å². The molecule has 0 spiro atoms. The molecule has 0 saturated carbocycles. The molecule has 220 valence electrons. The fourth-order valence-electron chi connectivity index (χ4n) is 3.87. The van der Waals surface area contributed by atoms with Crippen LogP contribution in [0, 0.1) is 0 Å². The maximum Gasteiger partial charge on any atom is 0.508 e. The van der Waals surface area contributed by atoms with Crippen molar-refractivity contribution in [3.8, 4) is 11.5 Å². The summed E-state index contributed by atoms with van der Waals surface area (Å²) in [5, 5.41) is 9.65. The van der Waals surface area contributed by atoms with Crippen molar-refractivity contribution in [2.24, 2.45) is 5.73 Å². The van der Waals surface area contributed by atoms with Gasteiger partial charge in [0.25, 0.3) is 0 Å². The smallest absolute Gasteiger partial charge is 0.480 e. The summed E-state index contributed by atoms with van der Waals surface area (Å²) in [4.78, 5) is 48.7. The molecule has 0 fully saturated rings. The largest absolute Gasteiger partial charge is 0.508 e. The first-order valence-electron chi connectivity index (χ1n) is 14.0. The molecule has 0 heterocycles. The molecule has 2 unspecified atom stereocenters. The van der Waals surface area contributed by atoms with Crippen LogP contribution in [-0.2, 0) is 23.9 Å². The third-order valence-corrected chi connectivity index (χ3v) is 6.13. The number of carboxylic acids is 1. The van der Waals surface area contributed by atoms with E-state index in [-0.39, 0.29) is 37.4 Å². The number of aliphatic carboxylic acids is 1. The Morgan fingerprint density at radius 1 is 0.846 bits per heavy atom.